The van der Waals surface area contributed by atoms with Crippen molar-refractivity contribution in [1.29, 1.82) is 5.26 Å². The van der Waals surface area contributed by atoms with E-state index in [1.54, 1.807) is 6.20 Å². The van der Waals surface area contributed by atoms with Crippen LogP contribution in [-0.2, 0) is 6.42 Å². The summed E-state index contributed by atoms with van der Waals surface area (Å²) in [6.07, 6.45) is 2.65. The maximum absolute atomic E-state index is 9.49. The maximum atomic E-state index is 9.49. The van der Waals surface area contributed by atoms with E-state index in [0.717, 1.165) is 23.4 Å². The predicted octanol–water partition coefficient (Wildman–Crippen LogP) is 6.00. The molecule has 1 aromatic heterocycles. The first-order chi connectivity index (χ1) is 12.2. The molecule has 0 aliphatic heterocycles. The van der Waals surface area contributed by atoms with Gasteiger partial charge in [0, 0.05) is 27.9 Å². The molecule has 25 heavy (non-hydrogen) atoms. The zero-order valence-electron chi connectivity index (χ0n) is 13.7. The molecule has 0 amide bonds. The minimum Gasteiger partial charge on any atom is -0.360 e. The molecule has 0 saturated carbocycles. The lowest BCUT2D eigenvalue weighted by Gasteiger charge is -2.07. The molecule has 0 fully saturated rings. The third-order valence-electron chi connectivity index (χ3n) is 3.77. The summed E-state index contributed by atoms with van der Waals surface area (Å²) < 4.78 is 0. The van der Waals surface area contributed by atoms with Crippen molar-refractivity contribution in [3.8, 4) is 17.3 Å². The lowest BCUT2D eigenvalue weighted by atomic mass is 10.1. The van der Waals surface area contributed by atoms with Gasteiger partial charge in [0.1, 0.15) is 16.6 Å². The van der Waals surface area contributed by atoms with E-state index in [9.17, 15) is 5.26 Å². The van der Waals surface area contributed by atoms with E-state index in [0.29, 0.717) is 15.6 Å². The van der Waals surface area contributed by atoms with E-state index < -0.39 is 0 Å². The van der Waals surface area contributed by atoms with Gasteiger partial charge in [0.15, 0.2) is 0 Å². The van der Waals surface area contributed by atoms with Crippen molar-refractivity contribution >= 4 is 34.2 Å². The number of hydrogen-bond donors (Lipinski definition) is 1. The molecule has 0 aliphatic rings. The number of allylic oxidation sites excluding steroid dienone is 1. The molecule has 0 saturated heterocycles. The second-order valence-corrected chi connectivity index (χ2v) is 6.66. The van der Waals surface area contributed by atoms with Crippen molar-refractivity contribution in [3.63, 3.8) is 0 Å². The molecule has 0 aliphatic carbocycles. The summed E-state index contributed by atoms with van der Waals surface area (Å²) in [5, 5.41) is 16.1. The lowest BCUT2D eigenvalue weighted by Crippen LogP contribution is -1.95. The molecule has 0 unspecified atom stereocenters. The number of anilines is 1. The van der Waals surface area contributed by atoms with Crippen molar-refractivity contribution < 1.29 is 0 Å². The molecule has 5 heteroatoms. The molecule has 1 N–H and O–H groups in total. The Kier molecular flexibility index (Phi) is 5.49. The highest BCUT2D eigenvalue weighted by molar-refractivity contribution is 7.11. The number of hydrogen-bond acceptors (Lipinski definition) is 4. The van der Waals surface area contributed by atoms with Crippen LogP contribution in [0.5, 0.6) is 0 Å². The number of para-hydroxylation sites is 1. The highest BCUT2D eigenvalue weighted by Crippen LogP contribution is 2.27. The van der Waals surface area contributed by atoms with Gasteiger partial charge in [0.2, 0.25) is 0 Å². The van der Waals surface area contributed by atoms with Gasteiger partial charge >= 0.3 is 0 Å². The first kappa shape index (κ1) is 17.2. The Morgan fingerprint density at radius 2 is 2.00 bits per heavy atom. The van der Waals surface area contributed by atoms with Gasteiger partial charge in [-0.15, -0.1) is 11.3 Å². The van der Waals surface area contributed by atoms with Gasteiger partial charge in [-0.2, -0.15) is 5.26 Å². The second kappa shape index (κ2) is 7.98. The maximum Gasteiger partial charge on any atom is 0.136 e. The van der Waals surface area contributed by atoms with Crippen LogP contribution in [0.25, 0.3) is 16.8 Å². The molecule has 0 radical (unpaired) electrons. The summed E-state index contributed by atoms with van der Waals surface area (Å²) in [5.41, 5.74) is 4.54. The van der Waals surface area contributed by atoms with Crippen LogP contribution in [0.4, 0.5) is 5.69 Å². The van der Waals surface area contributed by atoms with E-state index in [1.165, 1.54) is 16.9 Å². The number of thiazole rings is 1. The second-order valence-electron chi connectivity index (χ2n) is 5.37. The monoisotopic (exact) mass is 365 g/mol. The molecule has 1 heterocycles. The standard InChI is InChI=1S/C20H16ClN3S/c1-2-14-5-3-4-6-18(14)23-12-16(11-22)20-24-19(13-25-20)15-7-9-17(21)10-8-15/h3-10,12-13,23H,2H2,1H3. The van der Waals surface area contributed by atoms with Crippen LogP contribution in [-0.4, -0.2) is 4.98 Å². The van der Waals surface area contributed by atoms with Gasteiger partial charge in [-0.05, 0) is 30.2 Å². The first-order valence-corrected chi connectivity index (χ1v) is 9.13. The minimum absolute atomic E-state index is 0.510. The number of rotatable bonds is 5. The Morgan fingerprint density at radius 3 is 2.72 bits per heavy atom. The van der Waals surface area contributed by atoms with E-state index in [-0.39, 0.29) is 0 Å². The summed E-state index contributed by atoms with van der Waals surface area (Å²) in [5.74, 6) is 0. The van der Waals surface area contributed by atoms with E-state index in [2.05, 4.69) is 29.4 Å². The molecular weight excluding hydrogens is 350 g/mol. The normalized spacial score (nSPS) is 11.2. The van der Waals surface area contributed by atoms with E-state index in [1.807, 2.05) is 47.8 Å². The van der Waals surface area contributed by atoms with E-state index >= 15 is 0 Å². The van der Waals surface area contributed by atoms with Gasteiger partial charge in [-0.25, -0.2) is 4.98 Å². The van der Waals surface area contributed by atoms with Crippen LogP contribution in [0.3, 0.4) is 0 Å². The fourth-order valence-electron chi connectivity index (χ4n) is 2.41. The van der Waals surface area contributed by atoms with Crippen molar-refractivity contribution in [1.82, 2.24) is 4.98 Å². The number of nitriles is 1. The van der Waals surface area contributed by atoms with Crippen LogP contribution >= 0.6 is 22.9 Å². The number of aryl methyl sites for hydroxylation is 1. The van der Waals surface area contributed by atoms with Crippen molar-refractivity contribution in [2.45, 2.75) is 13.3 Å². The molecule has 0 atom stereocenters. The van der Waals surface area contributed by atoms with Gasteiger partial charge in [-0.3, -0.25) is 0 Å². The van der Waals surface area contributed by atoms with E-state index in [4.69, 9.17) is 11.6 Å². The summed E-state index contributed by atoms with van der Waals surface area (Å²) >= 11 is 7.37. The Bertz CT molecular complexity index is 936. The largest absolute Gasteiger partial charge is 0.360 e. The minimum atomic E-state index is 0.510. The topological polar surface area (TPSA) is 48.7 Å². The van der Waals surface area contributed by atoms with Gasteiger partial charge in [-0.1, -0.05) is 48.9 Å². The van der Waals surface area contributed by atoms with Crippen LogP contribution in [0, 0.1) is 11.3 Å². The summed E-state index contributed by atoms with van der Waals surface area (Å²) in [4.78, 5) is 4.58. The third-order valence-corrected chi connectivity index (χ3v) is 4.89. The third kappa shape index (κ3) is 4.08. The zero-order chi connectivity index (χ0) is 17.6. The number of halogens is 1. The van der Waals surface area contributed by atoms with Crippen LogP contribution < -0.4 is 5.32 Å². The fourth-order valence-corrected chi connectivity index (χ4v) is 3.33. The van der Waals surface area contributed by atoms with Crippen LogP contribution in [0.1, 0.15) is 17.5 Å². The van der Waals surface area contributed by atoms with Gasteiger partial charge in [0.25, 0.3) is 0 Å². The van der Waals surface area contributed by atoms with Crippen molar-refractivity contribution in [3.05, 3.63) is 75.7 Å². The van der Waals surface area contributed by atoms with Crippen LogP contribution in [0.2, 0.25) is 5.02 Å². The highest BCUT2D eigenvalue weighted by atomic mass is 35.5. The lowest BCUT2D eigenvalue weighted by molar-refractivity contribution is 1.14. The molecule has 3 aromatic rings. The van der Waals surface area contributed by atoms with Crippen LogP contribution in [0.15, 0.2) is 60.1 Å². The number of nitrogens with one attached hydrogen (secondary N) is 1. The fraction of sp³-hybridized carbons (Fsp3) is 0.100. The Morgan fingerprint density at radius 1 is 1.24 bits per heavy atom. The summed E-state index contributed by atoms with van der Waals surface area (Å²) in [7, 11) is 0. The number of aromatic nitrogens is 1. The first-order valence-electron chi connectivity index (χ1n) is 7.88. The molecule has 3 nitrogen and oxygen atoms in total. The van der Waals surface area contributed by atoms with Gasteiger partial charge < -0.3 is 5.32 Å². The van der Waals surface area contributed by atoms with Crippen molar-refractivity contribution in [2.75, 3.05) is 5.32 Å². The Balaban J connectivity index is 1.84. The number of benzene rings is 2. The summed E-state index contributed by atoms with van der Waals surface area (Å²) in [6.45, 7) is 2.11. The van der Waals surface area contributed by atoms with Gasteiger partial charge in [0.05, 0.1) is 5.69 Å². The quantitative estimate of drug-likeness (QED) is 0.564. The predicted molar refractivity (Wildman–Crippen MR) is 106 cm³/mol. The SMILES string of the molecule is CCc1ccccc1NC=C(C#N)c1nc(-c2ccc(Cl)cc2)cs1. The molecule has 3 rings (SSSR count). The highest BCUT2D eigenvalue weighted by Gasteiger charge is 2.09. The summed E-state index contributed by atoms with van der Waals surface area (Å²) in [6, 6.07) is 17.8. The molecule has 0 bridgehead atoms. The van der Waals surface area contributed by atoms with Crippen molar-refractivity contribution in [2.24, 2.45) is 0 Å². The smallest absolute Gasteiger partial charge is 0.136 e. The average Bonchev–Trinajstić information content (AvgIpc) is 3.13. The Hall–Kier alpha value is -2.61. The Labute approximate surface area is 156 Å². The zero-order valence-corrected chi connectivity index (χ0v) is 15.2. The molecular formula is C20H16ClN3S. The molecule has 2 aromatic carbocycles. The molecule has 0 spiro atoms. The number of nitrogens with zero attached hydrogens (tertiary/aromatic N) is 2. The average molecular weight is 366 g/mol. The molecule has 124 valence electrons.